The number of aliphatic carboxylic acids is 2. The van der Waals surface area contributed by atoms with Crippen LogP contribution in [0.15, 0.2) is 0 Å². The van der Waals surface area contributed by atoms with E-state index in [0.717, 1.165) is 17.7 Å². The normalized spacial score (nSPS) is 18.5. The van der Waals surface area contributed by atoms with Gasteiger partial charge in [0.1, 0.15) is 0 Å². The Kier molecular flexibility index (Phi) is 6.23. The summed E-state index contributed by atoms with van der Waals surface area (Å²) >= 11 is 0. The molecule has 0 aromatic carbocycles. The van der Waals surface area contributed by atoms with E-state index in [-0.39, 0.29) is 12.6 Å². The summed E-state index contributed by atoms with van der Waals surface area (Å²) in [6.45, 7) is -0.178. The molecule has 0 aromatic rings. The van der Waals surface area contributed by atoms with Crippen LogP contribution in [0, 0.1) is 0 Å². The van der Waals surface area contributed by atoms with E-state index in [0.29, 0.717) is 13.2 Å². The number of amides is 1. The smallest absolute Gasteiger partial charge is 0.317 e. The van der Waals surface area contributed by atoms with E-state index in [2.05, 4.69) is 5.32 Å². The minimum atomic E-state index is -1.17. The number of nitrogens with zero attached hydrogens (tertiary/aromatic N) is 1. The van der Waals surface area contributed by atoms with Crippen molar-refractivity contribution >= 4 is 17.8 Å². The number of hydrogen-bond donors (Lipinski definition) is 3. The third-order valence-electron chi connectivity index (χ3n) is 2.64. The molecule has 8 nitrogen and oxygen atoms in total. The average Bonchev–Trinajstić information content (AvgIpc) is 2.77. The van der Waals surface area contributed by atoms with E-state index >= 15 is 0 Å². The standard InChI is InChI=1S/C11H18N2O6/c14-9(12-4-8-2-1-3-19-8)5-13(6-10(15)16)7-11(17)18/h8H,1-7H2,(H,12,14)(H,15,16)(H,17,18). The Morgan fingerprint density at radius 1 is 1.16 bits per heavy atom. The van der Waals surface area contributed by atoms with E-state index in [4.69, 9.17) is 14.9 Å². The molecule has 1 heterocycles. The molecule has 0 aromatic heterocycles. The summed E-state index contributed by atoms with van der Waals surface area (Å²) in [5, 5.41) is 19.9. The number of carbonyl (C=O) groups is 3. The lowest BCUT2D eigenvalue weighted by molar-refractivity contribution is -0.142. The molecule has 1 fully saturated rings. The topological polar surface area (TPSA) is 116 Å². The van der Waals surface area contributed by atoms with Crippen molar-refractivity contribution in [2.45, 2.75) is 18.9 Å². The Bertz CT molecular complexity index is 324. The molecular weight excluding hydrogens is 256 g/mol. The van der Waals surface area contributed by atoms with Gasteiger partial charge in [-0.3, -0.25) is 19.3 Å². The predicted octanol–water partition coefficient (Wildman–Crippen LogP) is -1.25. The largest absolute Gasteiger partial charge is 0.480 e. The molecule has 0 radical (unpaired) electrons. The molecule has 108 valence electrons. The Labute approximate surface area is 110 Å². The summed E-state index contributed by atoms with van der Waals surface area (Å²) in [6.07, 6.45) is 1.84. The van der Waals surface area contributed by atoms with Crippen LogP contribution in [0.4, 0.5) is 0 Å². The molecule has 19 heavy (non-hydrogen) atoms. The van der Waals surface area contributed by atoms with Crippen LogP contribution in [-0.4, -0.2) is 71.8 Å². The van der Waals surface area contributed by atoms with Gasteiger partial charge in [0.2, 0.25) is 5.91 Å². The number of hydrogen-bond acceptors (Lipinski definition) is 5. The van der Waals surface area contributed by atoms with Crippen molar-refractivity contribution in [1.29, 1.82) is 0 Å². The predicted molar refractivity (Wildman–Crippen MR) is 63.7 cm³/mol. The number of ether oxygens (including phenoxy) is 1. The van der Waals surface area contributed by atoms with Crippen LogP contribution in [0.1, 0.15) is 12.8 Å². The molecule has 1 aliphatic rings. The highest BCUT2D eigenvalue weighted by molar-refractivity contribution is 5.80. The Balaban J connectivity index is 2.32. The molecule has 1 amide bonds. The van der Waals surface area contributed by atoms with Gasteiger partial charge in [0.05, 0.1) is 25.7 Å². The molecule has 1 rings (SSSR count). The second-order valence-corrected chi connectivity index (χ2v) is 4.37. The average molecular weight is 274 g/mol. The summed E-state index contributed by atoms with van der Waals surface area (Å²) < 4.78 is 5.32. The SMILES string of the molecule is O=C(O)CN(CC(=O)O)CC(=O)NCC1CCCO1. The molecule has 3 N–H and O–H groups in total. The third kappa shape index (κ3) is 6.73. The van der Waals surface area contributed by atoms with Gasteiger partial charge in [-0.05, 0) is 12.8 Å². The molecule has 0 bridgehead atoms. The highest BCUT2D eigenvalue weighted by Gasteiger charge is 2.19. The first-order chi connectivity index (χ1) is 8.97. The van der Waals surface area contributed by atoms with Crippen molar-refractivity contribution in [3.8, 4) is 0 Å². The van der Waals surface area contributed by atoms with Crippen LogP contribution in [0.25, 0.3) is 0 Å². The third-order valence-corrected chi connectivity index (χ3v) is 2.64. The Hall–Kier alpha value is -1.67. The molecule has 8 heteroatoms. The fourth-order valence-corrected chi connectivity index (χ4v) is 1.84. The molecule has 1 unspecified atom stereocenters. The van der Waals surface area contributed by atoms with Crippen molar-refractivity contribution < 1.29 is 29.3 Å². The van der Waals surface area contributed by atoms with Gasteiger partial charge in [0.25, 0.3) is 0 Å². The zero-order valence-corrected chi connectivity index (χ0v) is 10.5. The molecular formula is C11H18N2O6. The number of rotatable bonds is 8. The quantitative estimate of drug-likeness (QED) is 0.506. The first-order valence-electron chi connectivity index (χ1n) is 6.01. The highest BCUT2D eigenvalue weighted by Crippen LogP contribution is 2.10. The van der Waals surface area contributed by atoms with Gasteiger partial charge in [-0.1, -0.05) is 0 Å². The summed E-state index contributed by atoms with van der Waals surface area (Å²) in [4.78, 5) is 33.7. The Morgan fingerprint density at radius 2 is 1.79 bits per heavy atom. The van der Waals surface area contributed by atoms with E-state index < -0.39 is 30.9 Å². The van der Waals surface area contributed by atoms with E-state index in [1.54, 1.807) is 0 Å². The van der Waals surface area contributed by atoms with Crippen LogP contribution in [0.2, 0.25) is 0 Å². The summed E-state index contributed by atoms with van der Waals surface area (Å²) in [6, 6.07) is 0. The van der Waals surface area contributed by atoms with Gasteiger partial charge in [-0.2, -0.15) is 0 Å². The molecule has 0 spiro atoms. The lowest BCUT2D eigenvalue weighted by Crippen LogP contribution is -2.43. The molecule has 1 atom stereocenters. The van der Waals surface area contributed by atoms with Crippen LogP contribution in [-0.2, 0) is 19.1 Å². The van der Waals surface area contributed by atoms with Crippen LogP contribution < -0.4 is 5.32 Å². The maximum Gasteiger partial charge on any atom is 0.317 e. The van der Waals surface area contributed by atoms with E-state index in [1.807, 2.05) is 0 Å². The second-order valence-electron chi connectivity index (χ2n) is 4.37. The summed E-state index contributed by atoms with van der Waals surface area (Å²) in [5.74, 6) is -2.75. The zero-order valence-electron chi connectivity index (χ0n) is 10.5. The zero-order chi connectivity index (χ0) is 14.3. The summed E-state index contributed by atoms with van der Waals surface area (Å²) in [7, 11) is 0. The van der Waals surface area contributed by atoms with E-state index in [9.17, 15) is 14.4 Å². The van der Waals surface area contributed by atoms with Crippen molar-refractivity contribution in [3.63, 3.8) is 0 Å². The number of carbonyl (C=O) groups excluding carboxylic acids is 1. The first-order valence-corrected chi connectivity index (χ1v) is 6.01. The minimum absolute atomic E-state index is 0.00338. The van der Waals surface area contributed by atoms with Crippen molar-refractivity contribution in [3.05, 3.63) is 0 Å². The van der Waals surface area contributed by atoms with Gasteiger partial charge >= 0.3 is 11.9 Å². The fraction of sp³-hybridized carbons (Fsp3) is 0.727. The van der Waals surface area contributed by atoms with Crippen LogP contribution in [0.5, 0.6) is 0 Å². The Morgan fingerprint density at radius 3 is 2.26 bits per heavy atom. The number of carboxylic acids is 2. The second kappa shape index (κ2) is 7.70. The maximum atomic E-state index is 11.6. The summed E-state index contributed by atoms with van der Waals surface area (Å²) in [5.41, 5.74) is 0. The van der Waals surface area contributed by atoms with Gasteiger partial charge in [-0.25, -0.2) is 0 Å². The fourth-order valence-electron chi connectivity index (χ4n) is 1.84. The van der Waals surface area contributed by atoms with E-state index in [1.165, 1.54) is 0 Å². The first kappa shape index (κ1) is 15.4. The van der Waals surface area contributed by atoms with Crippen molar-refractivity contribution in [2.24, 2.45) is 0 Å². The number of carboxylic acid groups (broad SMARTS) is 2. The lowest BCUT2D eigenvalue weighted by Gasteiger charge is -2.18. The van der Waals surface area contributed by atoms with Crippen molar-refractivity contribution in [2.75, 3.05) is 32.8 Å². The minimum Gasteiger partial charge on any atom is -0.480 e. The van der Waals surface area contributed by atoms with Gasteiger partial charge in [0, 0.05) is 13.2 Å². The molecule has 1 aliphatic heterocycles. The van der Waals surface area contributed by atoms with Crippen LogP contribution in [0.3, 0.4) is 0 Å². The number of nitrogens with one attached hydrogen (secondary N) is 1. The highest BCUT2D eigenvalue weighted by atomic mass is 16.5. The van der Waals surface area contributed by atoms with Crippen LogP contribution >= 0.6 is 0 Å². The molecule has 0 aliphatic carbocycles. The van der Waals surface area contributed by atoms with Crippen molar-refractivity contribution in [1.82, 2.24) is 10.2 Å². The van der Waals surface area contributed by atoms with Gasteiger partial charge in [-0.15, -0.1) is 0 Å². The monoisotopic (exact) mass is 274 g/mol. The molecule has 1 saturated heterocycles. The lowest BCUT2D eigenvalue weighted by atomic mass is 10.2. The maximum absolute atomic E-state index is 11.6. The van der Waals surface area contributed by atoms with Gasteiger partial charge < -0.3 is 20.3 Å². The van der Waals surface area contributed by atoms with Gasteiger partial charge in [0.15, 0.2) is 0 Å². The molecule has 0 saturated carbocycles.